The van der Waals surface area contributed by atoms with Gasteiger partial charge in [-0.3, -0.25) is 15.4 Å². The molecule has 0 bridgehead atoms. The molecule has 0 radical (unpaired) electrons. The molecule has 2 fully saturated rings. The lowest BCUT2D eigenvalue weighted by molar-refractivity contribution is -0.126. The summed E-state index contributed by atoms with van der Waals surface area (Å²) in [7, 11) is 0. The summed E-state index contributed by atoms with van der Waals surface area (Å²) in [6.07, 6.45) is 4.66. The molecule has 9 nitrogen and oxygen atoms in total. The van der Waals surface area contributed by atoms with Gasteiger partial charge in [0.25, 0.3) is 0 Å². The Morgan fingerprint density at radius 1 is 0.976 bits per heavy atom. The first-order valence-electron chi connectivity index (χ1n) is 13.5. The van der Waals surface area contributed by atoms with Crippen molar-refractivity contribution in [2.45, 2.75) is 72.0 Å². The van der Waals surface area contributed by atoms with Crippen LogP contribution < -0.4 is 11.3 Å². The Hall–Kier alpha value is -2.12. The third kappa shape index (κ3) is 12.6. The first kappa shape index (κ1) is 37.9. The lowest BCUT2D eigenvalue weighted by Crippen LogP contribution is -2.09. The Balaban J connectivity index is 0.000000318. The van der Waals surface area contributed by atoms with E-state index in [9.17, 15) is 14.7 Å². The van der Waals surface area contributed by atoms with Crippen LogP contribution in [0.3, 0.4) is 0 Å². The Labute approximate surface area is 270 Å². The number of carbonyl (C=O) groups is 2. The molecule has 2 aromatic carbocycles. The number of carbonyl (C=O) groups excluding carboxylic acids is 2. The Morgan fingerprint density at radius 3 is 2.00 bits per heavy atom. The monoisotopic (exact) mass is 730 g/mol. The van der Waals surface area contributed by atoms with Crippen LogP contribution in [0.1, 0.15) is 74.4 Å². The van der Waals surface area contributed by atoms with Gasteiger partial charge in [0.1, 0.15) is 11.6 Å². The Morgan fingerprint density at radius 2 is 1.52 bits per heavy atom. The number of nitrogen functional groups attached to an aromatic ring is 1. The van der Waals surface area contributed by atoms with Gasteiger partial charge in [-0.2, -0.15) is 5.10 Å². The van der Waals surface area contributed by atoms with E-state index >= 15 is 0 Å². The number of nitrogens with zero attached hydrogens (tertiary/aromatic N) is 2. The molecule has 5 rings (SSSR count). The van der Waals surface area contributed by atoms with Gasteiger partial charge in [0, 0.05) is 44.2 Å². The fourth-order valence-corrected chi connectivity index (χ4v) is 4.72. The minimum atomic E-state index is -0.0149. The van der Waals surface area contributed by atoms with Gasteiger partial charge in [0.05, 0.1) is 36.7 Å². The summed E-state index contributed by atoms with van der Waals surface area (Å²) in [6.45, 7) is 5.41. The summed E-state index contributed by atoms with van der Waals surface area (Å²) < 4.78 is 3.90. The number of rotatable bonds is 8. The molecule has 1 aromatic heterocycles. The van der Waals surface area contributed by atoms with E-state index in [0.717, 1.165) is 50.0 Å². The number of aliphatic hydroxyl groups is 3. The number of hydrogen-bond acceptors (Lipinski definition) is 8. The number of aryl methyl sites for hydroxylation is 1. The molecule has 0 aliphatic heterocycles. The number of hydrogen-bond donors (Lipinski definition) is 5. The largest absolute Gasteiger partial charge is 0.397 e. The zero-order valence-electron chi connectivity index (χ0n) is 24.1. The molecule has 0 saturated heterocycles. The smallest absolute Gasteiger partial charge is 0.143 e. The van der Waals surface area contributed by atoms with Gasteiger partial charge in [0.15, 0.2) is 0 Å². The lowest BCUT2D eigenvalue weighted by Gasteiger charge is -2.11. The predicted octanol–water partition coefficient (Wildman–Crippen LogP) is 5.90. The second-order valence-electron chi connectivity index (χ2n) is 9.87. The second-order valence-corrected chi connectivity index (χ2v) is 11.7. The molecule has 42 heavy (non-hydrogen) atoms. The molecule has 2 aliphatic carbocycles. The van der Waals surface area contributed by atoms with E-state index in [1.807, 2.05) is 41.9 Å². The minimum absolute atomic E-state index is 0. The highest BCUT2D eigenvalue weighted by Crippen LogP contribution is 2.41. The van der Waals surface area contributed by atoms with Crippen LogP contribution in [0.25, 0.3) is 5.69 Å². The van der Waals surface area contributed by atoms with Crippen LogP contribution in [-0.4, -0.2) is 43.3 Å². The molecule has 0 unspecified atom stereocenters. The predicted molar refractivity (Wildman–Crippen MR) is 175 cm³/mol. The number of halogens is 3. The molecule has 12 heteroatoms. The number of hydrazine groups is 1. The molecular weight excluding hydrogens is 692 g/mol. The van der Waals surface area contributed by atoms with Crippen molar-refractivity contribution in [2.75, 3.05) is 12.0 Å². The topological polar surface area (TPSA) is 151 Å². The summed E-state index contributed by atoms with van der Waals surface area (Å²) >= 11 is 6.72. The van der Waals surface area contributed by atoms with Crippen molar-refractivity contribution < 1.29 is 24.9 Å². The third-order valence-electron chi connectivity index (χ3n) is 6.14. The SMILES string of the molecule is CC(=O)CC(=O)C1CC1.CCO.Cc1cc(C2CC2)n(-c2ccc(Br)cc2CO)n1.Cl.NNc1ccc(Br)cc1CO. The number of aliphatic hydroxyl groups excluding tert-OH is 3. The highest BCUT2D eigenvalue weighted by molar-refractivity contribution is 9.10. The van der Waals surface area contributed by atoms with Crippen molar-refractivity contribution in [3.05, 3.63) is 73.9 Å². The van der Waals surface area contributed by atoms with E-state index in [1.54, 1.807) is 13.0 Å². The summed E-state index contributed by atoms with van der Waals surface area (Å²) in [5.74, 6) is 6.22. The van der Waals surface area contributed by atoms with Crippen molar-refractivity contribution in [1.29, 1.82) is 0 Å². The Bertz CT molecular complexity index is 1300. The van der Waals surface area contributed by atoms with Gasteiger partial charge in [-0.15, -0.1) is 12.4 Å². The van der Waals surface area contributed by atoms with Crippen LogP contribution in [0.15, 0.2) is 51.4 Å². The molecule has 0 atom stereocenters. The van der Waals surface area contributed by atoms with E-state index < -0.39 is 0 Å². The summed E-state index contributed by atoms with van der Waals surface area (Å²) in [4.78, 5) is 21.2. The van der Waals surface area contributed by atoms with Crippen LogP contribution in [0.5, 0.6) is 0 Å². The molecule has 1 heterocycles. The van der Waals surface area contributed by atoms with E-state index in [1.165, 1.54) is 25.5 Å². The number of anilines is 1. The first-order chi connectivity index (χ1) is 19.6. The highest BCUT2D eigenvalue weighted by atomic mass is 79.9. The number of aromatic nitrogens is 2. The van der Waals surface area contributed by atoms with Gasteiger partial charge < -0.3 is 20.7 Å². The van der Waals surface area contributed by atoms with Crippen LogP contribution in [0, 0.1) is 12.8 Å². The standard InChI is InChI=1S/C14H15BrN2O.C7H9BrN2O.C7H10O2.C2H6O.ClH/c1-9-6-14(10-2-3-10)17(16-9)13-5-4-12(15)7-11(13)8-18;8-6-1-2-7(10-9)5(3-6)4-11;1-5(8)4-7(9)6-2-3-6;1-2-3;/h4-7,10,18H,2-3,8H2,1H3;1-3,10-11H,4,9H2;6H,2-4H2,1H3;3H,2H2,1H3;1H. The van der Waals surface area contributed by atoms with Crippen molar-refractivity contribution in [3.63, 3.8) is 0 Å². The summed E-state index contributed by atoms with van der Waals surface area (Å²) in [5.41, 5.74) is 8.20. The number of ketones is 2. The second kappa shape index (κ2) is 19.2. The fraction of sp³-hybridized carbons (Fsp3) is 0.433. The lowest BCUT2D eigenvalue weighted by atomic mass is 10.1. The Kier molecular flexibility index (Phi) is 17.3. The fourth-order valence-electron chi connectivity index (χ4n) is 3.90. The molecule has 232 valence electrons. The van der Waals surface area contributed by atoms with Crippen molar-refractivity contribution in [2.24, 2.45) is 11.8 Å². The normalized spacial score (nSPS) is 13.2. The third-order valence-corrected chi connectivity index (χ3v) is 7.13. The van der Waals surface area contributed by atoms with Crippen LogP contribution in [0.2, 0.25) is 0 Å². The average Bonchev–Trinajstić information content (AvgIpc) is 3.87. The molecule has 3 aromatic rings. The van der Waals surface area contributed by atoms with Crippen molar-refractivity contribution in [1.82, 2.24) is 9.78 Å². The van der Waals surface area contributed by atoms with E-state index in [-0.39, 0.29) is 56.1 Å². The molecule has 2 aliphatic rings. The van der Waals surface area contributed by atoms with E-state index in [0.29, 0.717) is 5.92 Å². The van der Waals surface area contributed by atoms with Crippen molar-refractivity contribution in [3.8, 4) is 5.69 Å². The van der Waals surface area contributed by atoms with Gasteiger partial charge >= 0.3 is 0 Å². The maximum absolute atomic E-state index is 10.8. The number of benzene rings is 2. The number of nitrogens with two attached hydrogens (primary N) is 1. The maximum Gasteiger partial charge on any atom is 0.143 e. The first-order valence-corrected chi connectivity index (χ1v) is 15.1. The molecular formula is C30H41Br2ClN4O5. The van der Waals surface area contributed by atoms with E-state index in [4.69, 9.17) is 16.1 Å². The zero-order chi connectivity index (χ0) is 30.5. The summed E-state index contributed by atoms with van der Waals surface area (Å²) in [5, 5.41) is 30.5. The van der Waals surface area contributed by atoms with Gasteiger partial charge in [-0.25, -0.2) is 4.68 Å². The van der Waals surface area contributed by atoms with Gasteiger partial charge in [-0.1, -0.05) is 31.9 Å². The quantitative estimate of drug-likeness (QED) is 0.109. The van der Waals surface area contributed by atoms with Crippen LogP contribution in [-0.2, 0) is 22.8 Å². The molecule has 2 saturated carbocycles. The van der Waals surface area contributed by atoms with Crippen LogP contribution >= 0.6 is 44.3 Å². The number of nitrogens with one attached hydrogen (secondary N) is 1. The zero-order valence-corrected chi connectivity index (χ0v) is 28.1. The van der Waals surface area contributed by atoms with Gasteiger partial charge in [-0.05, 0) is 88.9 Å². The average molecular weight is 733 g/mol. The van der Waals surface area contributed by atoms with Crippen molar-refractivity contribution >= 4 is 61.5 Å². The maximum atomic E-state index is 10.8. The van der Waals surface area contributed by atoms with E-state index in [2.05, 4.69) is 48.5 Å². The molecule has 6 N–H and O–H groups in total. The summed E-state index contributed by atoms with van der Waals surface area (Å²) in [6, 6.07) is 13.6. The van der Waals surface area contributed by atoms with Gasteiger partial charge in [0.2, 0.25) is 0 Å². The minimum Gasteiger partial charge on any atom is -0.397 e. The molecule has 0 spiro atoms. The number of Topliss-reactive ketones (excluding diaryl/α,β-unsaturated/α-hetero) is 2. The molecule has 0 amide bonds. The highest BCUT2D eigenvalue weighted by Gasteiger charge is 2.30. The van der Waals surface area contributed by atoms with Crippen LogP contribution in [0.4, 0.5) is 5.69 Å².